The van der Waals surface area contributed by atoms with Crippen LogP contribution in [0.1, 0.15) is 23.9 Å². The third kappa shape index (κ3) is 3.33. The highest BCUT2D eigenvalue weighted by Gasteiger charge is 2.06. The van der Waals surface area contributed by atoms with E-state index in [1.54, 1.807) is 11.8 Å². The average molecular weight is 323 g/mol. The van der Waals surface area contributed by atoms with Gasteiger partial charge in [-0.15, -0.1) is 0 Å². The molecule has 0 saturated carbocycles. The van der Waals surface area contributed by atoms with Gasteiger partial charge in [0.1, 0.15) is 15.5 Å². The van der Waals surface area contributed by atoms with Crippen LogP contribution in [0.25, 0.3) is 0 Å². The molecule has 18 heavy (non-hydrogen) atoms. The van der Waals surface area contributed by atoms with Gasteiger partial charge in [-0.25, -0.2) is 9.97 Å². The predicted octanol–water partition coefficient (Wildman–Crippen LogP) is 4.57. The van der Waals surface area contributed by atoms with Crippen molar-refractivity contribution in [2.75, 3.05) is 0 Å². The summed E-state index contributed by atoms with van der Waals surface area (Å²) in [6.07, 6.45) is 0.847. The number of hydrogen-bond donors (Lipinski definition) is 0. The number of benzene rings is 1. The molecule has 2 aromatic rings. The maximum Gasteiger partial charge on any atom is 0.130 e. The first-order chi connectivity index (χ1) is 8.58. The second-order valence-corrected chi connectivity index (χ2v) is 6.04. The van der Waals surface area contributed by atoms with E-state index in [0.717, 1.165) is 21.9 Å². The van der Waals surface area contributed by atoms with Gasteiger partial charge in [0.2, 0.25) is 0 Å². The van der Waals surface area contributed by atoms with Gasteiger partial charge < -0.3 is 0 Å². The number of aryl methyl sites for hydroxylation is 3. The van der Waals surface area contributed by atoms with Gasteiger partial charge >= 0.3 is 0 Å². The molecular formula is C14H15BrN2S. The lowest BCUT2D eigenvalue weighted by Gasteiger charge is -2.07. The van der Waals surface area contributed by atoms with Crippen molar-refractivity contribution in [3.05, 3.63) is 45.8 Å². The summed E-state index contributed by atoms with van der Waals surface area (Å²) in [7, 11) is 0. The third-order valence-corrected chi connectivity index (χ3v) is 4.08. The van der Waals surface area contributed by atoms with Crippen LogP contribution in [0.5, 0.6) is 0 Å². The maximum absolute atomic E-state index is 4.53. The minimum Gasteiger partial charge on any atom is -0.226 e. The first-order valence-corrected chi connectivity index (χ1v) is 7.48. The summed E-state index contributed by atoms with van der Waals surface area (Å²) >= 11 is 5.12. The van der Waals surface area contributed by atoms with E-state index in [1.807, 2.05) is 6.07 Å². The van der Waals surface area contributed by atoms with Crippen LogP contribution in [-0.4, -0.2) is 9.97 Å². The van der Waals surface area contributed by atoms with E-state index < -0.39 is 0 Å². The van der Waals surface area contributed by atoms with Gasteiger partial charge in [-0.3, -0.25) is 0 Å². The molecule has 4 heteroatoms. The van der Waals surface area contributed by atoms with Gasteiger partial charge in [-0.2, -0.15) is 0 Å². The Bertz CT molecular complexity index is 570. The molecule has 2 nitrogen and oxygen atoms in total. The van der Waals surface area contributed by atoms with Crippen LogP contribution >= 0.6 is 27.7 Å². The average Bonchev–Trinajstić information content (AvgIpc) is 2.32. The molecule has 0 spiro atoms. The fraction of sp³-hybridized carbons (Fsp3) is 0.286. The van der Waals surface area contributed by atoms with Crippen LogP contribution < -0.4 is 0 Å². The monoisotopic (exact) mass is 322 g/mol. The SMILES string of the molecule is CCc1nc(Br)cc(Sc2ccc(C)cc2C)n1. The van der Waals surface area contributed by atoms with Crippen molar-refractivity contribution in [2.45, 2.75) is 37.1 Å². The lowest BCUT2D eigenvalue weighted by molar-refractivity contribution is 0.877. The summed E-state index contributed by atoms with van der Waals surface area (Å²) < 4.78 is 0.849. The van der Waals surface area contributed by atoms with E-state index in [2.05, 4.69) is 64.9 Å². The maximum atomic E-state index is 4.53. The van der Waals surface area contributed by atoms with E-state index in [1.165, 1.54) is 16.0 Å². The Morgan fingerprint density at radius 1 is 1.17 bits per heavy atom. The minimum absolute atomic E-state index is 0.847. The van der Waals surface area contributed by atoms with Gasteiger partial charge in [0, 0.05) is 17.4 Å². The van der Waals surface area contributed by atoms with Crippen molar-refractivity contribution in [2.24, 2.45) is 0 Å². The van der Waals surface area contributed by atoms with Crippen LogP contribution in [0.3, 0.4) is 0 Å². The third-order valence-electron chi connectivity index (χ3n) is 2.58. The predicted molar refractivity (Wildman–Crippen MR) is 79.1 cm³/mol. The summed E-state index contributed by atoms with van der Waals surface area (Å²) in [6.45, 7) is 6.30. The molecule has 1 aromatic heterocycles. The van der Waals surface area contributed by atoms with Crippen molar-refractivity contribution in [3.8, 4) is 0 Å². The Balaban J connectivity index is 2.30. The molecule has 1 heterocycles. The number of nitrogens with zero attached hydrogens (tertiary/aromatic N) is 2. The first-order valence-electron chi connectivity index (χ1n) is 5.87. The minimum atomic E-state index is 0.847. The molecule has 1 aromatic carbocycles. The Kier molecular flexibility index (Phi) is 4.40. The van der Waals surface area contributed by atoms with Crippen LogP contribution in [0.15, 0.2) is 38.8 Å². The lowest BCUT2D eigenvalue weighted by Crippen LogP contribution is -1.95. The van der Waals surface area contributed by atoms with E-state index in [0.29, 0.717) is 0 Å². The zero-order valence-electron chi connectivity index (χ0n) is 10.7. The van der Waals surface area contributed by atoms with Crippen LogP contribution in [0.4, 0.5) is 0 Å². The van der Waals surface area contributed by atoms with Crippen molar-refractivity contribution in [1.29, 1.82) is 0 Å². The molecule has 0 unspecified atom stereocenters. The summed E-state index contributed by atoms with van der Waals surface area (Å²) in [4.78, 5) is 10.1. The highest BCUT2D eigenvalue weighted by Crippen LogP contribution is 2.30. The second-order valence-electron chi connectivity index (χ2n) is 4.17. The lowest BCUT2D eigenvalue weighted by atomic mass is 10.2. The Morgan fingerprint density at radius 2 is 1.94 bits per heavy atom. The normalized spacial score (nSPS) is 10.7. The number of aromatic nitrogens is 2. The molecular weight excluding hydrogens is 308 g/mol. The van der Waals surface area contributed by atoms with Gasteiger partial charge in [-0.1, -0.05) is 36.4 Å². The molecule has 0 fully saturated rings. The number of halogens is 1. The highest BCUT2D eigenvalue weighted by atomic mass is 79.9. The summed E-state index contributed by atoms with van der Waals surface area (Å²) in [5.74, 6) is 0.872. The van der Waals surface area contributed by atoms with Crippen molar-refractivity contribution in [1.82, 2.24) is 9.97 Å². The van der Waals surface area contributed by atoms with E-state index >= 15 is 0 Å². The molecule has 0 aliphatic heterocycles. The van der Waals surface area contributed by atoms with Crippen LogP contribution in [-0.2, 0) is 6.42 Å². The molecule has 0 amide bonds. The smallest absolute Gasteiger partial charge is 0.130 e. The fourth-order valence-electron chi connectivity index (χ4n) is 1.68. The summed E-state index contributed by atoms with van der Waals surface area (Å²) in [6, 6.07) is 8.44. The first kappa shape index (κ1) is 13.6. The van der Waals surface area contributed by atoms with Crippen molar-refractivity contribution < 1.29 is 0 Å². The van der Waals surface area contributed by atoms with E-state index in [-0.39, 0.29) is 0 Å². The molecule has 0 bridgehead atoms. The molecule has 0 aliphatic rings. The summed E-state index contributed by atoms with van der Waals surface area (Å²) in [5.41, 5.74) is 2.57. The Labute approximate surface area is 120 Å². The molecule has 94 valence electrons. The largest absolute Gasteiger partial charge is 0.226 e. The number of rotatable bonds is 3. The molecule has 0 aliphatic carbocycles. The topological polar surface area (TPSA) is 25.8 Å². The van der Waals surface area contributed by atoms with Gasteiger partial charge in [-0.05, 0) is 41.4 Å². The second kappa shape index (κ2) is 5.85. The van der Waals surface area contributed by atoms with Crippen LogP contribution in [0, 0.1) is 13.8 Å². The van der Waals surface area contributed by atoms with Gasteiger partial charge in [0.25, 0.3) is 0 Å². The molecule has 0 N–H and O–H groups in total. The molecule has 0 saturated heterocycles. The molecule has 0 atom stereocenters. The molecule has 2 rings (SSSR count). The highest BCUT2D eigenvalue weighted by molar-refractivity contribution is 9.10. The number of hydrogen-bond acceptors (Lipinski definition) is 3. The van der Waals surface area contributed by atoms with Gasteiger partial charge in [0.15, 0.2) is 0 Å². The quantitative estimate of drug-likeness (QED) is 0.774. The Hall–Kier alpha value is -0.870. The fourth-order valence-corrected chi connectivity index (χ4v) is 3.15. The van der Waals surface area contributed by atoms with E-state index in [9.17, 15) is 0 Å². The van der Waals surface area contributed by atoms with Gasteiger partial charge in [0.05, 0.1) is 0 Å². The zero-order valence-corrected chi connectivity index (χ0v) is 13.1. The summed E-state index contributed by atoms with van der Waals surface area (Å²) in [5, 5.41) is 0.987. The standard InChI is InChI=1S/C14H15BrN2S/c1-4-13-16-12(15)8-14(17-13)18-11-6-5-9(2)7-10(11)3/h5-8H,4H2,1-3H3. The van der Waals surface area contributed by atoms with Crippen LogP contribution in [0.2, 0.25) is 0 Å². The van der Waals surface area contributed by atoms with E-state index in [4.69, 9.17) is 0 Å². The van der Waals surface area contributed by atoms with Crippen molar-refractivity contribution >= 4 is 27.7 Å². The molecule has 0 radical (unpaired) electrons. The van der Waals surface area contributed by atoms with Crippen molar-refractivity contribution in [3.63, 3.8) is 0 Å². The zero-order chi connectivity index (χ0) is 13.1. The Morgan fingerprint density at radius 3 is 2.61 bits per heavy atom.